The quantitative estimate of drug-likeness (QED) is 0.751. The molecule has 0 unspecified atom stereocenters. The molecule has 0 bridgehead atoms. The number of benzene rings is 1. The summed E-state index contributed by atoms with van der Waals surface area (Å²) in [5.74, 6) is 1.34. The predicted octanol–water partition coefficient (Wildman–Crippen LogP) is 1.99. The van der Waals surface area contributed by atoms with Crippen molar-refractivity contribution in [3.8, 4) is 11.5 Å². The van der Waals surface area contributed by atoms with Gasteiger partial charge in [0.25, 0.3) is 0 Å². The van der Waals surface area contributed by atoms with E-state index in [1.807, 2.05) is 13.1 Å². The first-order valence-electron chi connectivity index (χ1n) is 5.03. The summed E-state index contributed by atoms with van der Waals surface area (Å²) in [6.07, 6.45) is 0. The molecule has 0 aromatic heterocycles. The zero-order valence-electron chi connectivity index (χ0n) is 9.76. The third-order valence-corrected chi connectivity index (χ3v) is 2.46. The van der Waals surface area contributed by atoms with E-state index in [1.165, 1.54) is 0 Å². The molecular weight excluding hydrogens is 228 g/mol. The van der Waals surface area contributed by atoms with Crippen LogP contribution >= 0.6 is 11.6 Å². The van der Waals surface area contributed by atoms with Crippen LogP contribution in [0.15, 0.2) is 12.1 Å². The van der Waals surface area contributed by atoms with Crippen molar-refractivity contribution in [2.24, 2.45) is 0 Å². The van der Waals surface area contributed by atoms with E-state index < -0.39 is 0 Å². The molecule has 2 N–H and O–H groups in total. The smallest absolute Gasteiger partial charge is 0.143 e. The Kier molecular flexibility index (Phi) is 5.22. The van der Waals surface area contributed by atoms with Gasteiger partial charge in [0.2, 0.25) is 0 Å². The van der Waals surface area contributed by atoms with Crippen LogP contribution in [0.1, 0.15) is 0 Å². The predicted molar refractivity (Wildman–Crippen MR) is 67.0 cm³/mol. The van der Waals surface area contributed by atoms with Crippen LogP contribution in [0.3, 0.4) is 0 Å². The van der Waals surface area contributed by atoms with Crippen LogP contribution < -0.4 is 20.1 Å². The van der Waals surface area contributed by atoms with Gasteiger partial charge >= 0.3 is 0 Å². The van der Waals surface area contributed by atoms with E-state index in [2.05, 4.69) is 10.6 Å². The summed E-state index contributed by atoms with van der Waals surface area (Å²) >= 11 is 6.00. The summed E-state index contributed by atoms with van der Waals surface area (Å²) < 4.78 is 10.4. The molecule has 16 heavy (non-hydrogen) atoms. The Morgan fingerprint density at radius 1 is 1.12 bits per heavy atom. The second-order valence-electron chi connectivity index (χ2n) is 3.22. The van der Waals surface area contributed by atoms with Crippen LogP contribution in [0.4, 0.5) is 5.69 Å². The number of hydrogen-bond donors (Lipinski definition) is 2. The minimum absolute atomic E-state index is 0.540. The van der Waals surface area contributed by atoms with Gasteiger partial charge in [0.1, 0.15) is 11.5 Å². The maximum Gasteiger partial charge on any atom is 0.143 e. The maximum atomic E-state index is 6.00. The van der Waals surface area contributed by atoms with E-state index in [0.29, 0.717) is 16.5 Å². The van der Waals surface area contributed by atoms with Crippen LogP contribution in [0.25, 0.3) is 0 Å². The first-order valence-corrected chi connectivity index (χ1v) is 5.40. The summed E-state index contributed by atoms with van der Waals surface area (Å²) in [4.78, 5) is 0. The summed E-state index contributed by atoms with van der Waals surface area (Å²) in [6.45, 7) is 1.67. The highest BCUT2D eigenvalue weighted by atomic mass is 35.5. The van der Waals surface area contributed by atoms with Gasteiger partial charge in [0.15, 0.2) is 0 Å². The lowest BCUT2D eigenvalue weighted by Gasteiger charge is -2.13. The average molecular weight is 245 g/mol. The fraction of sp³-hybridized carbons (Fsp3) is 0.455. The molecule has 5 heteroatoms. The zero-order valence-corrected chi connectivity index (χ0v) is 10.5. The van der Waals surface area contributed by atoms with Crippen molar-refractivity contribution in [1.29, 1.82) is 0 Å². The number of halogens is 1. The Morgan fingerprint density at radius 3 is 2.38 bits per heavy atom. The fourth-order valence-electron chi connectivity index (χ4n) is 1.32. The molecule has 0 aliphatic rings. The van der Waals surface area contributed by atoms with Crippen molar-refractivity contribution in [2.45, 2.75) is 0 Å². The summed E-state index contributed by atoms with van der Waals surface area (Å²) in [7, 11) is 5.10. The maximum absolute atomic E-state index is 6.00. The van der Waals surface area contributed by atoms with Crippen LogP contribution in [0.2, 0.25) is 5.02 Å². The van der Waals surface area contributed by atoms with Crippen LogP contribution in [0, 0.1) is 0 Å². The van der Waals surface area contributed by atoms with Gasteiger partial charge < -0.3 is 20.1 Å². The molecule has 0 fully saturated rings. The van der Waals surface area contributed by atoms with Gasteiger partial charge in [-0.1, -0.05) is 11.6 Å². The lowest BCUT2D eigenvalue weighted by Crippen LogP contribution is -2.18. The van der Waals surface area contributed by atoms with E-state index in [1.54, 1.807) is 20.3 Å². The van der Waals surface area contributed by atoms with Crippen molar-refractivity contribution in [3.05, 3.63) is 17.2 Å². The molecule has 0 amide bonds. The van der Waals surface area contributed by atoms with Crippen LogP contribution in [-0.2, 0) is 0 Å². The number of anilines is 1. The van der Waals surface area contributed by atoms with Gasteiger partial charge in [-0.15, -0.1) is 0 Å². The van der Waals surface area contributed by atoms with E-state index >= 15 is 0 Å². The average Bonchev–Trinajstić information content (AvgIpc) is 2.30. The molecule has 1 aromatic carbocycles. The van der Waals surface area contributed by atoms with Crippen molar-refractivity contribution < 1.29 is 9.47 Å². The molecule has 0 saturated carbocycles. The Bertz CT molecular complexity index is 345. The van der Waals surface area contributed by atoms with Crippen LogP contribution in [0.5, 0.6) is 11.5 Å². The largest absolute Gasteiger partial charge is 0.495 e. The highest BCUT2D eigenvalue weighted by molar-refractivity contribution is 6.32. The van der Waals surface area contributed by atoms with Gasteiger partial charge in [-0.25, -0.2) is 0 Å². The number of ether oxygens (including phenoxy) is 2. The van der Waals surface area contributed by atoms with Gasteiger partial charge in [0.05, 0.1) is 24.9 Å². The Labute approximate surface area is 101 Å². The monoisotopic (exact) mass is 244 g/mol. The van der Waals surface area contributed by atoms with E-state index in [9.17, 15) is 0 Å². The standard InChI is InChI=1S/C11H17ClN2O2/c1-13-4-5-14-9-7-10(15-2)8(12)6-11(9)16-3/h6-7,13-14H,4-5H2,1-3H3. The van der Waals surface area contributed by atoms with Crippen molar-refractivity contribution in [1.82, 2.24) is 5.32 Å². The summed E-state index contributed by atoms with van der Waals surface area (Å²) in [6, 6.07) is 3.57. The molecule has 90 valence electrons. The number of rotatable bonds is 6. The minimum Gasteiger partial charge on any atom is -0.495 e. The third-order valence-electron chi connectivity index (χ3n) is 2.16. The number of hydrogen-bond acceptors (Lipinski definition) is 4. The van der Waals surface area contributed by atoms with Gasteiger partial charge in [-0.05, 0) is 7.05 Å². The Morgan fingerprint density at radius 2 is 1.81 bits per heavy atom. The topological polar surface area (TPSA) is 42.5 Å². The molecule has 4 nitrogen and oxygen atoms in total. The molecule has 0 aliphatic carbocycles. The summed E-state index contributed by atoms with van der Waals surface area (Å²) in [5, 5.41) is 6.84. The third kappa shape index (κ3) is 3.18. The highest BCUT2D eigenvalue weighted by Crippen LogP contribution is 2.35. The Hall–Kier alpha value is -1.13. The van der Waals surface area contributed by atoms with Crippen molar-refractivity contribution >= 4 is 17.3 Å². The lowest BCUT2D eigenvalue weighted by molar-refractivity contribution is 0.404. The SMILES string of the molecule is CNCCNc1cc(OC)c(Cl)cc1OC. The van der Waals surface area contributed by atoms with Gasteiger partial charge in [0, 0.05) is 25.2 Å². The molecule has 0 saturated heterocycles. The molecule has 0 radical (unpaired) electrons. The van der Waals surface area contributed by atoms with Gasteiger partial charge in [-0.2, -0.15) is 0 Å². The number of nitrogens with one attached hydrogen (secondary N) is 2. The first kappa shape index (κ1) is 12.9. The molecular formula is C11H17ClN2O2. The fourth-order valence-corrected chi connectivity index (χ4v) is 1.55. The zero-order chi connectivity index (χ0) is 12.0. The molecule has 1 rings (SSSR count). The highest BCUT2D eigenvalue weighted by Gasteiger charge is 2.08. The second kappa shape index (κ2) is 6.45. The lowest BCUT2D eigenvalue weighted by atomic mass is 10.2. The molecule has 1 aromatic rings. The first-order chi connectivity index (χ1) is 7.72. The number of methoxy groups -OCH3 is 2. The Balaban J connectivity index is 2.86. The van der Waals surface area contributed by atoms with Crippen LogP contribution in [-0.4, -0.2) is 34.4 Å². The van der Waals surface area contributed by atoms with Gasteiger partial charge in [-0.3, -0.25) is 0 Å². The van der Waals surface area contributed by atoms with Crippen molar-refractivity contribution in [3.63, 3.8) is 0 Å². The number of likely N-dealkylation sites (N-methyl/N-ethyl adjacent to an activating group) is 1. The molecule has 0 heterocycles. The second-order valence-corrected chi connectivity index (χ2v) is 3.62. The van der Waals surface area contributed by atoms with E-state index in [0.717, 1.165) is 18.8 Å². The minimum atomic E-state index is 0.540. The van der Waals surface area contributed by atoms with E-state index in [-0.39, 0.29) is 0 Å². The molecule has 0 atom stereocenters. The normalized spacial score (nSPS) is 10.0. The van der Waals surface area contributed by atoms with Crippen molar-refractivity contribution in [2.75, 3.05) is 39.7 Å². The molecule has 0 aliphatic heterocycles. The molecule has 0 spiro atoms. The summed E-state index contributed by atoms with van der Waals surface area (Å²) in [5.41, 5.74) is 0.874. The van der Waals surface area contributed by atoms with E-state index in [4.69, 9.17) is 21.1 Å².